The van der Waals surface area contributed by atoms with Gasteiger partial charge in [0, 0.05) is 23.7 Å². The summed E-state index contributed by atoms with van der Waals surface area (Å²) in [5.41, 5.74) is 2.92. The summed E-state index contributed by atoms with van der Waals surface area (Å²) in [6.07, 6.45) is 3.95. The van der Waals surface area contributed by atoms with Gasteiger partial charge in [-0.05, 0) is 45.0 Å². The number of nitrogens with one attached hydrogen (secondary N) is 1. The predicted octanol–water partition coefficient (Wildman–Crippen LogP) is 2.68. The van der Waals surface area contributed by atoms with Gasteiger partial charge < -0.3 is 10.2 Å². The predicted molar refractivity (Wildman–Crippen MR) is 67.9 cm³/mol. The largest absolute Gasteiger partial charge is 0.381 e. The molecule has 1 saturated carbocycles. The summed E-state index contributed by atoms with van der Waals surface area (Å²) in [4.78, 5) is 2.38. The molecular weight excluding hydrogens is 196 g/mol. The highest BCUT2D eigenvalue weighted by atomic mass is 15.1. The van der Waals surface area contributed by atoms with E-state index in [4.69, 9.17) is 0 Å². The first-order chi connectivity index (χ1) is 7.75. The SMILES string of the molecule is CN(C)C1CCC2c3ccccc3NC2C1. The van der Waals surface area contributed by atoms with Crippen LogP contribution in [0.3, 0.4) is 0 Å². The number of anilines is 1. The van der Waals surface area contributed by atoms with E-state index in [-0.39, 0.29) is 0 Å². The van der Waals surface area contributed by atoms with Crippen LogP contribution in [0.2, 0.25) is 0 Å². The van der Waals surface area contributed by atoms with Crippen molar-refractivity contribution in [2.45, 2.75) is 37.3 Å². The molecule has 1 N–H and O–H groups in total. The molecule has 0 saturated heterocycles. The standard InChI is InChI=1S/C14H20N2/c1-16(2)10-7-8-12-11-5-3-4-6-13(11)15-14(12)9-10/h3-6,10,12,14-15H,7-9H2,1-2H3. The van der Waals surface area contributed by atoms with Gasteiger partial charge in [0.2, 0.25) is 0 Å². The van der Waals surface area contributed by atoms with Gasteiger partial charge in [-0.25, -0.2) is 0 Å². The molecule has 0 spiro atoms. The molecule has 3 atom stereocenters. The molecule has 1 fully saturated rings. The van der Waals surface area contributed by atoms with Crippen LogP contribution in [0.5, 0.6) is 0 Å². The first-order valence-corrected chi connectivity index (χ1v) is 6.27. The summed E-state index contributed by atoms with van der Waals surface area (Å²) in [6.45, 7) is 0. The molecular formula is C14H20N2. The van der Waals surface area contributed by atoms with E-state index >= 15 is 0 Å². The Labute approximate surface area is 97.6 Å². The van der Waals surface area contributed by atoms with Crippen molar-refractivity contribution in [2.75, 3.05) is 19.4 Å². The lowest BCUT2D eigenvalue weighted by molar-refractivity contribution is 0.210. The third kappa shape index (κ3) is 1.52. The average Bonchev–Trinajstić information content (AvgIpc) is 2.66. The van der Waals surface area contributed by atoms with E-state index in [2.05, 4.69) is 48.6 Å². The maximum atomic E-state index is 3.69. The van der Waals surface area contributed by atoms with Crippen LogP contribution in [0.4, 0.5) is 5.69 Å². The number of hydrogen-bond donors (Lipinski definition) is 1. The molecule has 2 heteroatoms. The maximum Gasteiger partial charge on any atom is 0.0378 e. The topological polar surface area (TPSA) is 15.3 Å². The van der Waals surface area contributed by atoms with E-state index in [1.165, 1.54) is 24.9 Å². The van der Waals surface area contributed by atoms with Crippen molar-refractivity contribution in [3.05, 3.63) is 29.8 Å². The van der Waals surface area contributed by atoms with Gasteiger partial charge in [-0.2, -0.15) is 0 Å². The molecule has 1 heterocycles. The third-order valence-electron chi connectivity index (χ3n) is 4.25. The number of fused-ring (bicyclic) bond motifs is 3. The second kappa shape index (κ2) is 3.77. The highest BCUT2D eigenvalue weighted by molar-refractivity contribution is 5.59. The van der Waals surface area contributed by atoms with Gasteiger partial charge in [-0.3, -0.25) is 0 Å². The van der Waals surface area contributed by atoms with Crippen molar-refractivity contribution in [1.29, 1.82) is 0 Å². The van der Waals surface area contributed by atoms with Crippen LogP contribution in [0.25, 0.3) is 0 Å². The van der Waals surface area contributed by atoms with E-state index < -0.39 is 0 Å². The Kier molecular flexibility index (Phi) is 2.40. The molecule has 0 bridgehead atoms. The highest BCUT2D eigenvalue weighted by Crippen LogP contribution is 2.44. The summed E-state index contributed by atoms with van der Waals surface area (Å²) >= 11 is 0. The maximum absolute atomic E-state index is 3.69. The smallest absolute Gasteiger partial charge is 0.0378 e. The Bertz CT molecular complexity index is 386. The molecule has 3 rings (SSSR count). The Balaban J connectivity index is 1.82. The lowest BCUT2D eigenvalue weighted by Gasteiger charge is -2.35. The lowest BCUT2D eigenvalue weighted by atomic mass is 9.80. The first kappa shape index (κ1) is 10.2. The van der Waals surface area contributed by atoms with E-state index in [1.54, 1.807) is 5.56 Å². The summed E-state index contributed by atoms with van der Waals surface area (Å²) in [5.74, 6) is 0.757. The zero-order valence-corrected chi connectivity index (χ0v) is 10.1. The number of para-hydroxylation sites is 1. The van der Waals surface area contributed by atoms with Crippen molar-refractivity contribution in [2.24, 2.45) is 0 Å². The van der Waals surface area contributed by atoms with Crippen LogP contribution in [0, 0.1) is 0 Å². The number of hydrogen-bond acceptors (Lipinski definition) is 2. The lowest BCUT2D eigenvalue weighted by Crippen LogP contribution is -2.39. The zero-order chi connectivity index (χ0) is 11.1. The van der Waals surface area contributed by atoms with Gasteiger partial charge in [-0.15, -0.1) is 0 Å². The van der Waals surface area contributed by atoms with Crippen LogP contribution in [-0.4, -0.2) is 31.1 Å². The molecule has 3 unspecified atom stereocenters. The van der Waals surface area contributed by atoms with Gasteiger partial charge in [0.1, 0.15) is 0 Å². The Morgan fingerprint density at radius 1 is 1.19 bits per heavy atom. The van der Waals surface area contributed by atoms with Crippen LogP contribution in [-0.2, 0) is 0 Å². The Hall–Kier alpha value is -1.02. The molecule has 1 aliphatic heterocycles. The van der Waals surface area contributed by atoms with Crippen molar-refractivity contribution in [3.8, 4) is 0 Å². The molecule has 2 aliphatic rings. The Morgan fingerprint density at radius 2 is 2.00 bits per heavy atom. The number of nitrogens with zero attached hydrogens (tertiary/aromatic N) is 1. The first-order valence-electron chi connectivity index (χ1n) is 6.27. The van der Waals surface area contributed by atoms with E-state index in [0.717, 1.165) is 12.0 Å². The molecule has 16 heavy (non-hydrogen) atoms. The fourth-order valence-electron chi connectivity index (χ4n) is 3.30. The monoisotopic (exact) mass is 216 g/mol. The van der Waals surface area contributed by atoms with Gasteiger partial charge in [-0.1, -0.05) is 18.2 Å². The highest BCUT2D eigenvalue weighted by Gasteiger charge is 2.37. The fourth-order valence-corrected chi connectivity index (χ4v) is 3.30. The summed E-state index contributed by atoms with van der Waals surface area (Å²) in [7, 11) is 4.40. The molecule has 1 aliphatic carbocycles. The molecule has 86 valence electrons. The van der Waals surface area contributed by atoms with E-state index in [9.17, 15) is 0 Å². The molecule has 1 aromatic rings. The molecule has 0 aromatic heterocycles. The Morgan fingerprint density at radius 3 is 2.81 bits per heavy atom. The van der Waals surface area contributed by atoms with Gasteiger partial charge in [0.05, 0.1) is 0 Å². The molecule has 2 nitrogen and oxygen atoms in total. The molecule has 0 radical (unpaired) electrons. The minimum Gasteiger partial charge on any atom is -0.381 e. The minimum absolute atomic E-state index is 0.665. The van der Waals surface area contributed by atoms with Crippen LogP contribution in [0.15, 0.2) is 24.3 Å². The van der Waals surface area contributed by atoms with Crippen molar-refractivity contribution >= 4 is 5.69 Å². The molecule has 0 amide bonds. The van der Waals surface area contributed by atoms with E-state index in [0.29, 0.717) is 6.04 Å². The zero-order valence-electron chi connectivity index (χ0n) is 10.1. The van der Waals surface area contributed by atoms with Crippen LogP contribution < -0.4 is 5.32 Å². The minimum atomic E-state index is 0.665. The number of rotatable bonds is 1. The average molecular weight is 216 g/mol. The molecule has 1 aromatic carbocycles. The van der Waals surface area contributed by atoms with Crippen molar-refractivity contribution in [3.63, 3.8) is 0 Å². The quantitative estimate of drug-likeness (QED) is 0.776. The summed E-state index contributed by atoms with van der Waals surface area (Å²) in [5, 5.41) is 3.69. The van der Waals surface area contributed by atoms with Crippen molar-refractivity contribution < 1.29 is 0 Å². The summed E-state index contributed by atoms with van der Waals surface area (Å²) in [6, 6.07) is 10.2. The fraction of sp³-hybridized carbons (Fsp3) is 0.571. The van der Waals surface area contributed by atoms with Gasteiger partial charge in [0.25, 0.3) is 0 Å². The van der Waals surface area contributed by atoms with Crippen molar-refractivity contribution in [1.82, 2.24) is 4.90 Å². The third-order valence-corrected chi connectivity index (χ3v) is 4.25. The van der Waals surface area contributed by atoms with Gasteiger partial charge in [0.15, 0.2) is 0 Å². The second-order valence-electron chi connectivity index (χ2n) is 5.38. The second-order valence-corrected chi connectivity index (χ2v) is 5.38. The normalized spacial score (nSPS) is 32.1. The van der Waals surface area contributed by atoms with E-state index in [1.807, 2.05) is 0 Å². The number of benzene rings is 1. The summed E-state index contributed by atoms with van der Waals surface area (Å²) < 4.78 is 0. The van der Waals surface area contributed by atoms with Gasteiger partial charge >= 0.3 is 0 Å². The van der Waals surface area contributed by atoms with Crippen LogP contribution in [0.1, 0.15) is 30.7 Å². The van der Waals surface area contributed by atoms with Crippen LogP contribution >= 0.6 is 0 Å².